The highest BCUT2D eigenvalue weighted by molar-refractivity contribution is 8.89. The number of nitrogens with zero attached hydrogens (tertiary/aromatic N) is 3. The molecule has 0 bridgehead atoms. The number of amides is 1. The topological polar surface area (TPSA) is 26.8 Å². The van der Waals surface area contributed by atoms with Gasteiger partial charge in [-0.1, -0.05) is 37.1 Å². The molecule has 0 unspecified atom stereocenters. The molecule has 0 fully saturated rings. The molecule has 0 aliphatic heterocycles. The number of thiocarbonyl (C=S) groups is 2. The van der Waals surface area contributed by atoms with Crippen LogP contribution in [0.3, 0.4) is 0 Å². The number of thiol groups is 1. The maximum atomic E-state index is 9.93. The Hall–Kier alpha value is 0.300. The molecular formula is C9H19N3OS5. The van der Waals surface area contributed by atoms with Crippen LogP contribution in [0.15, 0.2) is 0 Å². The number of hydrogen-bond acceptors (Lipinski definition) is 5. The Morgan fingerprint density at radius 3 is 1.17 bits per heavy atom. The summed E-state index contributed by atoms with van der Waals surface area (Å²) in [6.07, 6.45) is 0. The van der Waals surface area contributed by atoms with Crippen LogP contribution >= 0.6 is 58.7 Å². The highest BCUT2D eigenvalue weighted by atomic mass is 33.1. The third-order valence-corrected chi connectivity index (χ3v) is 5.86. The van der Waals surface area contributed by atoms with Crippen LogP contribution < -0.4 is 0 Å². The monoisotopic (exact) mass is 345 g/mol. The summed E-state index contributed by atoms with van der Waals surface area (Å²) >= 11 is 13.6. The lowest BCUT2D eigenvalue weighted by molar-refractivity contribution is 0.241. The average Bonchev–Trinajstić information content (AvgIpc) is 2.25. The third kappa shape index (κ3) is 12.7. The van der Waals surface area contributed by atoms with Crippen LogP contribution in [0.2, 0.25) is 0 Å². The molecule has 0 spiro atoms. The van der Waals surface area contributed by atoms with Crippen LogP contribution in [0.5, 0.6) is 0 Å². The van der Waals surface area contributed by atoms with Gasteiger partial charge >= 0.3 is 0 Å². The lowest BCUT2D eigenvalue weighted by Gasteiger charge is -2.15. The van der Waals surface area contributed by atoms with E-state index in [4.69, 9.17) is 24.4 Å². The van der Waals surface area contributed by atoms with Gasteiger partial charge in [0.05, 0.1) is 0 Å². The predicted octanol–water partition coefficient (Wildman–Crippen LogP) is 2.66. The summed E-state index contributed by atoms with van der Waals surface area (Å²) in [5.41, 5.74) is 0. The van der Waals surface area contributed by atoms with Gasteiger partial charge in [-0.25, -0.2) is 0 Å². The normalized spacial score (nSPS) is 8.83. The number of hydrogen-bond donors (Lipinski definition) is 1. The molecule has 18 heavy (non-hydrogen) atoms. The van der Waals surface area contributed by atoms with E-state index in [1.165, 1.54) is 26.5 Å². The van der Waals surface area contributed by atoms with Gasteiger partial charge < -0.3 is 14.7 Å². The first-order valence-corrected chi connectivity index (χ1v) is 8.18. The van der Waals surface area contributed by atoms with E-state index in [1.807, 2.05) is 38.0 Å². The van der Waals surface area contributed by atoms with Crippen LogP contribution in [0, 0.1) is 0 Å². The quantitative estimate of drug-likeness (QED) is 0.410. The van der Waals surface area contributed by atoms with Crippen molar-refractivity contribution in [3.63, 3.8) is 0 Å². The van der Waals surface area contributed by atoms with E-state index in [0.717, 1.165) is 8.64 Å². The highest BCUT2D eigenvalue weighted by Gasteiger charge is 2.04. The molecule has 0 aromatic rings. The Kier molecular flexibility index (Phi) is 12.8. The molecule has 4 nitrogen and oxygen atoms in total. The molecule has 0 rings (SSSR count). The van der Waals surface area contributed by atoms with Crippen molar-refractivity contribution in [1.82, 2.24) is 14.7 Å². The first-order chi connectivity index (χ1) is 8.09. The molecule has 0 aliphatic carbocycles. The van der Waals surface area contributed by atoms with Crippen molar-refractivity contribution in [2.24, 2.45) is 0 Å². The molecule has 0 N–H and O–H groups in total. The maximum absolute atomic E-state index is 9.93. The number of carbonyl (C=O) groups excluding carboxylic acids is 1. The van der Waals surface area contributed by atoms with Crippen molar-refractivity contribution in [2.75, 3.05) is 42.3 Å². The van der Waals surface area contributed by atoms with E-state index < -0.39 is 0 Å². The molecule has 0 saturated carbocycles. The molecule has 0 aromatic heterocycles. The standard InChI is InChI=1S/C6H12N2S4.C3H7NOS/c1-7(2)5(9)11-12-6(10)8(3)4;1-4(2)3(5)6/h1-4H3;1-2H3,(H,5,6). The van der Waals surface area contributed by atoms with Gasteiger partial charge in [-0.3, -0.25) is 4.79 Å². The molecule has 9 heteroatoms. The smallest absolute Gasteiger partial charge is 0.278 e. The minimum Gasteiger partial charge on any atom is -0.363 e. The van der Waals surface area contributed by atoms with Gasteiger partial charge in [-0.05, 0) is 21.6 Å². The van der Waals surface area contributed by atoms with Gasteiger partial charge in [0.1, 0.15) is 8.64 Å². The van der Waals surface area contributed by atoms with Crippen molar-refractivity contribution < 1.29 is 4.79 Å². The second-order valence-corrected chi connectivity index (χ2v) is 7.44. The Morgan fingerprint density at radius 1 is 0.833 bits per heavy atom. The van der Waals surface area contributed by atoms with Gasteiger partial charge in [0.15, 0.2) is 0 Å². The molecule has 0 radical (unpaired) electrons. The molecule has 0 atom stereocenters. The van der Waals surface area contributed by atoms with Crippen molar-refractivity contribution in [3.8, 4) is 0 Å². The van der Waals surface area contributed by atoms with Crippen LogP contribution in [0.25, 0.3) is 0 Å². The Bertz CT molecular complexity index is 274. The minimum absolute atomic E-state index is 0.213. The van der Waals surface area contributed by atoms with Crippen LogP contribution in [-0.4, -0.2) is 70.9 Å². The second-order valence-electron chi connectivity index (χ2n) is 3.66. The van der Waals surface area contributed by atoms with Crippen LogP contribution in [-0.2, 0) is 0 Å². The highest BCUT2D eigenvalue weighted by Crippen LogP contribution is 2.26. The van der Waals surface area contributed by atoms with E-state index in [2.05, 4.69) is 12.6 Å². The lowest BCUT2D eigenvalue weighted by Crippen LogP contribution is -2.18. The lowest BCUT2D eigenvalue weighted by atomic mass is 11.0. The fourth-order valence-corrected chi connectivity index (χ4v) is 2.60. The van der Waals surface area contributed by atoms with Gasteiger partial charge in [0, 0.05) is 42.3 Å². The Labute approximate surface area is 134 Å². The SMILES string of the molecule is CN(C)C(=O)S.CN(C)C(=S)SSC(=S)N(C)C. The number of carbonyl (C=O) groups is 1. The zero-order valence-electron chi connectivity index (χ0n) is 11.3. The van der Waals surface area contributed by atoms with E-state index in [9.17, 15) is 4.79 Å². The Morgan fingerprint density at radius 2 is 1.06 bits per heavy atom. The minimum atomic E-state index is -0.213. The average molecular weight is 346 g/mol. The summed E-state index contributed by atoms with van der Waals surface area (Å²) in [4.78, 5) is 15.1. The molecule has 0 heterocycles. The molecule has 106 valence electrons. The zero-order valence-corrected chi connectivity index (χ0v) is 15.5. The summed E-state index contributed by atoms with van der Waals surface area (Å²) in [5, 5.41) is -0.213. The van der Waals surface area contributed by atoms with E-state index in [1.54, 1.807) is 14.1 Å². The van der Waals surface area contributed by atoms with Gasteiger partial charge in [0.25, 0.3) is 5.24 Å². The molecule has 0 saturated heterocycles. The molecular weight excluding hydrogens is 326 g/mol. The predicted molar refractivity (Wildman–Crippen MR) is 95.8 cm³/mol. The van der Waals surface area contributed by atoms with Crippen LogP contribution in [0.4, 0.5) is 4.79 Å². The second kappa shape index (κ2) is 11.2. The number of rotatable bonds is 0. The van der Waals surface area contributed by atoms with Gasteiger partial charge in [0.2, 0.25) is 0 Å². The maximum Gasteiger partial charge on any atom is 0.278 e. The van der Waals surface area contributed by atoms with Crippen molar-refractivity contribution in [3.05, 3.63) is 0 Å². The zero-order chi connectivity index (χ0) is 14.9. The van der Waals surface area contributed by atoms with Crippen molar-refractivity contribution in [2.45, 2.75) is 0 Å². The summed E-state index contributed by atoms with van der Waals surface area (Å²) in [7, 11) is 14.0. The van der Waals surface area contributed by atoms with Gasteiger partial charge in [-0.15, -0.1) is 0 Å². The molecule has 1 amide bonds. The molecule has 0 aromatic carbocycles. The van der Waals surface area contributed by atoms with Crippen molar-refractivity contribution in [1.29, 1.82) is 0 Å². The fourth-order valence-electron chi connectivity index (χ4n) is 0.220. The van der Waals surface area contributed by atoms with Crippen LogP contribution in [0.1, 0.15) is 0 Å². The van der Waals surface area contributed by atoms with E-state index in [0.29, 0.717) is 0 Å². The summed E-state index contributed by atoms with van der Waals surface area (Å²) in [6.45, 7) is 0. The Balaban J connectivity index is 0. The third-order valence-electron chi connectivity index (χ3n) is 1.30. The summed E-state index contributed by atoms with van der Waals surface area (Å²) in [6, 6.07) is 0. The van der Waals surface area contributed by atoms with Gasteiger partial charge in [-0.2, -0.15) is 0 Å². The fraction of sp³-hybridized carbons (Fsp3) is 0.667. The van der Waals surface area contributed by atoms with Crippen molar-refractivity contribution >= 4 is 72.5 Å². The summed E-state index contributed by atoms with van der Waals surface area (Å²) < 4.78 is 1.67. The first kappa shape index (κ1) is 20.6. The summed E-state index contributed by atoms with van der Waals surface area (Å²) in [5.74, 6) is 0. The van der Waals surface area contributed by atoms with E-state index >= 15 is 0 Å². The molecule has 0 aliphatic rings. The largest absolute Gasteiger partial charge is 0.363 e. The van der Waals surface area contributed by atoms with E-state index in [-0.39, 0.29) is 5.24 Å². The first-order valence-electron chi connectivity index (χ1n) is 4.76.